The van der Waals surface area contributed by atoms with Gasteiger partial charge in [-0.15, -0.1) is 0 Å². The standard InChI is InChI=1S/C10H23N.C4H11N/c1-2-3-4-5-6-7-8-9-10-11;1-2-3-4-5/h2-11H2,1H3;2-5H2,1H3. The quantitative estimate of drug-likeness (QED) is 0.560. The van der Waals surface area contributed by atoms with Crippen molar-refractivity contribution in [3.05, 3.63) is 0 Å². The highest BCUT2D eigenvalue weighted by Gasteiger charge is 1.89. The van der Waals surface area contributed by atoms with Gasteiger partial charge >= 0.3 is 0 Å². The van der Waals surface area contributed by atoms with Gasteiger partial charge < -0.3 is 11.5 Å². The topological polar surface area (TPSA) is 52.0 Å². The van der Waals surface area contributed by atoms with Crippen LogP contribution in [0.25, 0.3) is 0 Å². The van der Waals surface area contributed by atoms with Crippen LogP contribution in [0.3, 0.4) is 0 Å². The fourth-order valence-corrected chi connectivity index (χ4v) is 1.48. The molecule has 0 bridgehead atoms. The maximum absolute atomic E-state index is 5.39. The highest BCUT2D eigenvalue weighted by atomic mass is 14.5. The van der Waals surface area contributed by atoms with E-state index in [1.807, 2.05) is 0 Å². The highest BCUT2D eigenvalue weighted by Crippen LogP contribution is 2.07. The highest BCUT2D eigenvalue weighted by molar-refractivity contribution is 4.45. The fraction of sp³-hybridized carbons (Fsp3) is 1.00. The van der Waals surface area contributed by atoms with Crippen molar-refractivity contribution in [2.24, 2.45) is 11.5 Å². The second-order valence-electron chi connectivity index (χ2n) is 4.41. The van der Waals surface area contributed by atoms with Gasteiger partial charge in [-0.2, -0.15) is 0 Å². The molecule has 0 saturated heterocycles. The van der Waals surface area contributed by atoms with Crippen molar-refractivity contribution >= 4 is 0 Å². The van der Waals surface area contributed by atoms with Crippen molar-refractivity contribution in [2.75, 3.05) is 13.1 Å². The van der Waals surface area contributed by atoms with Crippen molar-refractivity contribution in [3.63, 3.8) is 0 Å². The van der Waals surface area contributed by atoms with Gasteiger partial charge in [0.05, 0.1) is 0 Å². The fourth-order valence-electron chi connectivity index (χ4n) is 1.48. The molecule has 100 valence electrons. The van der Waals surface area contributed by atoms with Crippen LogP contribution in [0.1, 0.15) is 78.1 Å². The molecular formula is C14H34N2. The van der Waals surface area contributed by atoms with Crippen molar-refractivity contribution in [1.82, 2.24) is 0 Å². The smallest absolute Gasteiger partial charge is 0.00773 e. The van der Waals surface area contributed by atoms with Gasteiger partial charge in [0.15, 0.2) is 0 Å². The first-order valence-electron chi connectivity index (χ1n) is 7.23. The van der Waals surface area contributed by atoms with Gasteiger partial charge in [0.1, 0.15) is 0 Å². The zero-order valence-corrected chi connectivity index (χ0v) is 11.6. The molecule has 0 spiro atoms. The van der Waals surface area contributed by atoms with E-state index in [-0.39, 0.29) is 0 Å². The van der Waals surface area contributed by atoms with E-state index in [4.69, 9.17) is 11.5 Å². The maximum Gasteiger partial charge on any atom is -0.00773 e. The molecule has 0 aliphatic rings. The van der Waals surface area contributed by atoms with Crippen LogP contribution in [0.5, 0.6) is 0 Å². The van der Waals surface area contributed by atoms with Gasteiger partial charge in [-0.3, -0.25) is 0 Å². The zero-order chi connectivity index (χ0) is 12.5. The molecule has 0 aromatic heterocycles. The molecule has 4 N–H and O–H groups in total. The summed E-state index contributed by atoms with van der Waals surface area (Å²) in [6.45, 7) is 6.10. The number of nitrogens with two attached hydrogens (primary N) is 2. The van der Waals surface area contributed by atoms with E-state index in [1.165, 1.54) is 64.2 Å². The molecule has 0 aromatic rings. The second-order valence-corrected chi connectivity index (χ2v) is 4.41. The molecule has 0 aliphatic heterocycles. The Morgan fingerprint density at radius 2 is 0.875 bits per heavy atom. The van der Waals surface area contributed by atoms with Crippen LogP contribution in [0.15, 0.2) is 0 Å². The van der Waals surface area contributed by atoms with Crippen molar-refractivity contribution < 1.29 is 0 Å². The number of unbranched alkanes of at least 4 members (excludes halogenated alkanes) is 8. The Balaban J connectivity index is 0. The van der Waals surface area contributed by atoms with Gasteiger partial charge in [-0.1, -0.05) is 65.2 Å². The van der Waals surface area contributed by atoms with E-state index in [0.717, 1.165) is 13.1 Å². The minimum atomic E-state index is 0.844. The molecule has 2 nitrogen and oxygen atoms in total. The van der Waals surface area contributed by atoms with Crippen LogP contribution in [-0.4, -0.2) is 13.1 Å². The molecule has 0 amide bonds. The number of rotatable bonds is 10. The predicted molar refractivity (Wildman–Crippen MR) is 75.6 cm³/mol. The van der Waals surface area contributed by atoms with Crippen LogP contribution in [0, 0.1) is 0 Å². The molecule has 0 saturated carbocycles. The van der Waals surface area contributed by atoms with Crippen LogP contribution < -0.4 is 11.5 Å². The number of hydrogen-bond donors (Lipinski definition) is 2. The van der Waals surface area contributed by atoms with E-state index >= 15 is 0 Å². The summed E-state index contributed by atoms with van der Waals surface area (Å²) in [6.07, 6.45) is 13.4. The molecular weight excluding hydrogens is 196 g/mol. The average molecular weight is 230 g/mol. The van der Waals surface area contributed by atoms with E-state index < -0.39 is 0 Å². The molecule has 0 aliphatic carbocycles. The summed E-state index contributed by atoms with van der Waals surface area (Å²) in [5, 5.41) is 0. The molecule has 0 rings (SSSR count). The Morgan fingerprint density at radius 3 is 1.19 bits per heavy atom. The molecule has 0 heterocycles. The van der Waals surface area contributed by atoms with E-state index in [9.17, 15) is 0 Å². The Labute approximate surface area is 103 Å². The molecule has 0 radical (unpaired) electrons. The van der Waals surface area contributed by atoms with Crippen LogP contribution in [0.4, 0.5) is 0 Å². The molecule has 16 heavy (non-hydrogen) atoms. The summed E-state index contributed by atoms with van der Waals surface area (Å²) in [4.78, 5) is 0. The van der Waals surface area contributed by atoms with Gasteiger partial charge in [0.2, 0.25) is 0 Å². The van der Waals surface area contributed by atoms with Crippen molar-refractivity contribution in [3.8, 4) is 0 Å². The molecule has 2 heteroatoms. The molecule has 0 atom stereocenters. The Morgan fingerprint density at radius 1 is 0.500 bits per heavy atom. The second kappa shape index (κ2) is 20.3. The predicted octanol–water partition coefficient (Wildman–Crippen LogP) is 3.83. The SMILES string of the molecule is CCCCCCCCCCN.CCCCN. The van der Waals surface area contributed by atoms with Gasteiger partial charge in [-0.25, -0.2) is 0 Å². The van der Waals surface area contributed by atoms with Crippen LogP contribution in [0.2, 0.25) is 0 Å². The maximum atomic E-state index is 5.39. The summed E-state index contributed by atoms with van der Waals surface area (Å²) in [6, 6.07) is 0. The third-order valence-electron chi connectivity index (χ3n) is 2.62. The molecule has 0 unspecified atom stereocenters. The summed E-state index contributed by atoms with van der Waals surface area (Å²) < 4.78 is 0. The largest absolute Gasteiger partial charge is 0.330 e. The summed E-state index contributed by atoms with van der Waals surface area (Å²) in [5.74, 6) is 0. The first-order chi connectivity index (χ1) is 7.83. The normalized spacial score (nSPS) is 9.75. The Bertz CT molecular complexity index is 84.7. The lowest BCUT2D eigenvalue weighted by molar-refractivity contribution is 0.578. The minimum Gasteiger partial charge on any atom is -0.330 e. The number of hydrogen-bond acceptors (Lipinski definition) is 2. The van der Waals surface area contributed by atoms with E-state index in [0.29, 0.717) is 0 Å². The van der Waals surface area contributed by atoms with Crippen LogP contribution >= 0.6 is 0 Å². The van der Waals surface area contributed by atoms with E-state index in [2.05, 4.69) is 13.8 Å². The third-order valence-corrected chi connectivity index (χ3v) is 2.62. The Kier molecular flexibility index (Phi) is 23.3. The van der Waals surface area contributed by atoms with Gasteiger partial charge in [0, 0.05) is 0 Å². The summed E-state index contributed by atoms with van der Waals surface area (Å²) in [5.41, 5.74) is 10.5. The van der Waals surface area contributed by atoms with E-state index in [1.54, 1.807) is 0 Å². The average Bonchev–Trinajstić information content (AvgIpc) is 2.30. The molecule has 0 aromatic carbocycles. The minimum absolute atomic E-state index is 0.844. The third kappa shape index (κ3) is 23.6. The Hall–Kier alpha value is -0.0800. The lowest BCUT2D eigenvalue weighted by Gasteiger charge is -1.99. The van der Waals surface area contributed by atoms with Crippen molar-refractivity contribution in [1.29, 1.82) is 0 Å². The lowest BCUT2D eigenvalue weighted by atomic mass is 10.1. The zero-order valence-electron chi connectivity index (χ0n) is 11.6. The van der Waals surface area contributed by atoms with Crippen molar-refractivity contribution in [2.45, 2.75) is 78.1 Å². The van der Waals surface area contributed by atoms with Gasteiger partial charge in [-0.05, 0) is 25.9 Å². The monoisotopic (exact) mass is 230 g/mol. The first kappa shape index (κ1) is 18.3. The first-order valence-corrected chi connectivity index (χ1v) is 7.23. The summed E-state index contributed by atoms with van der Waals surface area (Å²) in [7, 11) is 0. The lowest BCUT2D eigenvalue weighted by Crippen LogP contribution is -1.97. The summed E-state index contributed by atoms with van der Waals surface area (Å²) >= 11 is 0. The van der Waals surface area contributed by atoms with Gasteiger partial charge in [0.25, 0.3) is 0 Å². The molecule has 0 fully saturated rings. The van der Waals surface area contributed by atoms with Crippen LogP contribution in [-0.2, 0) is 0 Å².